The van der Waals surface area contributed by atoms with Gasteiger partial charge in [0.1, 0.15) is 0 Å². The van der Waals surface area contributed by atoms with Gasteiger partial charge in [0, 0.05) is 6.04 Å². The van der Waals surface area contributed by atoms with E-state index < -0.39 is 9.84 Å². The molecule has 1 heterocycles. The van der Waals surface area contributed by atoms with Crippen molar-refractivity contribution < 1.29 is 8.42 Å². The normalized spacial score (nSPS) is 35.0. The van der Waals surface area contributed by atoms with Crippen LogP contribution in [0.15, 0.2) is 0 Å². The molecule has 0 spiro atoms. The summed E-state index contributed by atoms with van der Waals surface area (Å²) in [6, 6.07) is 0.531. The third-order valence-electron chi connectivity index (χ3n) is 5.39. The van der Waals surface area contributed by atoms with Crippen LogP contribution in [0.5, 0.6) is 0 Å². The van der Waals surface area contributed by atoms with Crippen molar-refractivity contribution in [1.82, 2.24) is 5.32 Å². The Labute approximate surface area is 124 Å². The van der Waals surface area contributed by atoms with Gasteiger partial charge in [-0.05, 0) is 43.6 Å². The predicted octanol–water partition coefficient (Wildman–Crippen LogP) is 3.01. The maximum absolute atomic E-state index is 11.7. The van der Waals surface area contributed by atoms with E-state index in [0.29, 0.717) is 23.5 Å². The molecule has 4 unspecified atom stereocenters. The van der Waals surface area contributed by atoms with E-state index in [-0.39, 0.29) is 0 Å². The zero-order valence-corrected chi connectivity index (χ0v) is 13.9. The minimum atomic E-state index is -2.73. The molecule has 1 saturated carbocycles. The smallest absolute Gasteiger partial charge is 0.150 e. The van der Waals surface area contributed by atoms with Gasteiger partial charge in [-0.3, -0.25) is 0 Å². The monoisotopic (exact) mass is 301 g/mol. The molecule has 0 aromatic heterocycles. The van der Waals surface area contributed by atoms with Gasteiger partial charge >= 0.3 is 0 Å². The summed E-state index contributed by atoms with van der Waals surface area (Å²) >= 11 is 0. The van der Waals surface area contributed by atoms with Crippen LogP contribution in [-0.4, -0.2) is 32.5 Å². The largest absolute Gasteiger partial charge is 0.314 e. The Morgan fingerprint density at radius 1 is 1.15 bits per heavy atom. The molecule has 2 aliphatic rings. The van der Waals surface area contributed by atoms with E-state index in [1.807, 2.05) is 0 Å². The minimum absolute atomic E-state index is 0.392. The highest BCUT2D eigenvalue weighted by atomic mass is 32.2. The molecule has 2 rings (SSSR count). The third-order valence-corrected chi connectivity index (χ3v) is 7.23. The van der Waals surface area contributed by atoms with Crippen LogP contribution < -0.4 is 5.32 Å². The average molecular weight is 301 g/mol. The van der Waals surface area contributed by atoms with Crippen LogP contribution >= 0.6 is 0 Å². The average Bonchev–Trinajstić information content (AvgIpc) is 2.77. The number of nitrogens with one attached hydrogen (secondary N) is 1. The van der Waals surface area contributed by atoms with Crippen molar-refractivity contribution in [3.63, 3.8) is 0 Å². The Kier molecular flexibility index (Phi) is 5.91. The summed E-state index contributed by atoms with van der Waals surface area (Å²) in [4.78, 5) is 0. The predicted molar refractivity (Wildman–Crippen MR) is 84.6 cm³/mol. The van der Waals surface area contributed by atoms with Crippen LogP contribution in [0, 0.1) is 17.8 Å². The van der Waals surface area contributed by atoms with Crippen LogP contribution in [0.3, 0.4) is 0 Å². The Bertz CT molecular complexity index is 393. The zero-order chi connectivity index (χ0) is 14.6. The summed E-state index contributed by atoms with van der Waals surface area (Å²) in [7, 11) is -2.73. The van der Waals surface area contributed by atoms with E-state index in [2.05, 4.69) is 19.2 Å². The highest BCUT2D eigenvalue weighted by molar-refractivity contribution is 7.91. The van der Waals surface area contributed by atoms with Crippen molar-refractivity contribution in [2.75, 3.05) is 18.1 Å². The first kappa shape index (κ1) is 16.3. The highest BCUT2D eigenvalue weighted by Gasteiger charge is 2.35. The van der Waals surface area contributed by atoms with Crippen molar-refractivity contribution in [3.8, 4) is 0 Å². The van der Waals surface area contributed by atoms with Crippen LogP contribution in [-0.2, 0) is 9.84 Å². The lowest BCUT2D eigenvalue weighted by molar-refractivity contribution is 0.160. The maximum Gasteiger partial charge on any atom is 0.150 e. The fourth-order valence-corrected chi connectivity index (χ4v) is 6.24. The molecular weight excluding hydrogens is 270 g/mol. The quantitative estimate of drug-likeness (QED) is 0.820. The molecule has 20 heavy (non-hydrogen) atoms. The fourth-order valence-electron chi connectivity index (χ4n) is 4.36. The van der Waals surface area contributed by atoms with Gasteiger partial charge in [0.2, 0.25) is 0 Å². The second-order valence-electron chi connectivity index (χ2n) is 6.79. The molecule has 118 valence electrons. The van der Waals surface area contributed by atoms with Gasteiger partial charge in [-0.15, -0.1) is 0 Å². The van der Waals surface area contributed by atoms with Crippen molar-refractivity contribution in [1.29, 1.82) is 0 Å². The van der Waals surface area contributed by atoms with Crippen LogP contribution in [0.1, 0.15) is 58.8 Å². The molecule has 4 heteroatoms. The van der Waals surface area contributed by atoms with Gasteiger partial charge in [0.25, 0.3) is 0 Å². The van der Waals surface area contributed by atoms with Crippen molar-refractivity contribution in [2.24, 2.45) is 17.8 Å². The first-order chi connectivity index (χ1) is 9.55. The van der Waals surface area contributed by atoms with E-state index in [1.54, 1.807) is 0 Å². The fraction of sp³-hybridized carbons (Fsp3) is 1.00. The van der Waals surface area contributed by atoms with Gasteiger partial charge in [0.15, 0.2) is 9.84 Å². The molecule has 4 atom stereocenters. The summed E-state index contributed by atoms with van der Waals surface area (Å²) < 4.78 is 23.3. The Balaban J connectivity index is 1.98. The second kappa shape index (κ2) is 7.26. The molecule has 0 radical (unpaired) electrons. The van der Waals surface area contributed by atoms with Crippen molar-refractivity contribution in [3.05, 3.63) is 0 Å². The van der Waals surface area contributed by atoms with Crippen molar-refractivity contribution >= 4 is 9.84 Å². The molecule has 2 fully saturated rings. The molecule has 1 N–H and O–H groups in total. The summed E-state index contributed by atoms with van der Waals surface area (Å²) in [6.45, 7) is 5.48. The van der Waals surface area contributed by atoms with E-state index in [9.17, 15) is 8.42 Å². The number of rotatable bonds is 6. The molecule has 0 amide bonds. The van der Waals surface area contributed by atoms with Crippen LogP contribution in [0.25, 0.3) is 0 Å². The number of hydrogen-bond donors (Lipinski definition) is 1. The van der Waals surface area contributed by atoms with E-state index >= 15 is 0 Å². The zero-order valence-electron chi connectivity index (χ0n) is 13.1. The Morgan fingerprint density at radius 2 is 1.90 bits per heavy atom. The maximum atomic E-state index is 11.7. The van der Waals surface area contributed by atoms with E-state index in [4.69, 9.17) is 0 Å². The second-order valence-corrected chi connectivity index (χ2v) is 9.01. The highest BCUT2D eigenvalue weighted by Crippen LogP contribution is 2.37. The van der Waals surface area contributed by atoms with Gasteiger partial charge in [-0.1, -0.05) is 39.5 Å². The van der Waals surface area contributed by atoms with Gasteiger partial charge in [-0.2, -0.15) is 0 Å². The van der Waals surface area contributed by atoms with E-state index in [1.165, 1.54) is 32.1 Å². The molecule has 0 aromatic rings. The first-order valence-electron chi connectivity index (χ1n) is 8.49. The molecule has 1 aliphatic heterocycles. The lowest BCUT2D eigenvalue weighted by Gasteiger charge is -2.38. The van der Waals surface area contributed by atoms with Gasteiger partial charge in [0.05, 0.1) is 11.5 Å². The summed E-state index contributed by atoms with van der Waals surface area (Å²) in [6.07, 6.45) is 8.65. The molecule has 0 bridgehead atoms. The van der Waals surface area contributed by atoms with Crippen molar-refractivity contribution in [2.45, 2.75) is 64.8 Å². The summed E-state index contributed by atoms with van der Waals surface area (Å²) in [5.41, 5.74) is 0. The number of hydrogen-bond acceptors (Lipinski definition) is 3. The van der Waals surface area contributed by atoms with Crippen LogP contribution in [0.2, 0.25) is 0 Å². The Hall–Kier alpha value is -0.0900. The Morgan fingerprint density at radius 3 is 2.50 bits per heavy atom. The van der Waals surface area contributed by atoms with Gasteiger partial charge < -0.3 is 5.32 Å². The summed E-state index contributed by atoms with van der Waals surface area (Å²) in [5, 5.41) is 3.68. The standard InChI is InChI=1S/C16H31NO2S/c1-3-14-7-5-6-8-15(14)16(17-4-2)11-13-9-10-20(18,19)12-13/h13-17H,3-12H2,1-2H3. The van der Waals surface area contributed by atoms with E-state index in [0.717, 1.165) is 31.2 Å². The third kappa shape index (κ3) is 4.20. The minimum Gasteiger partial charge on any atom is -0.314 e. The van der Waals surface area contributed by atoms with Crippen LogP contribution in [0.4, 0.5) is 0 Å². The molecule has 1 saturated heterocycles. The molecule has 3 nitrogen and oxygen atoms in total. The molecule has 1 aliphatic carbocycles. The lowest BCUT2D eigenvalue weighted by atomic mass is 9.72. The first-order valence-corrected chi connectivity index (χ1v) is 10.3. The summed E-state index contributed by atoms with van der Waals surface area (Å²) in [5.74, 6) is 2.84. The molecular formula is C16H31NO2S. The lowest BCUT2D eigenvalue weighted by Crippen LogP contribution is -2.42. The molecule has 0 aromatic carbocycles. The topological polar surface area (TPSA) is 46.2 Å². The van der Waals surface area contributed by atoms with Gasteiger partial charge in [-0.25, -0.2) is 8.42 Å². The SMILES string of the molecule is CCNC(CC1CCS(=O)(=O)C1)C1CCCCC1CC. The number of sulfone groups is 1.